The molecule has 1 unspecified atom stereocenters. The van der Waals surface area contributed by atoms with E-state index < -0.39 is 0 Å². The van der Waals surface area contributed by atoms with Crippen LogP contribution in [-0.2, 0) is 4.79 Å². The fourth-order valence-corrected chi connectivity index (χ4v) is 2.69. The monoisotopic (exact) mass is 181 g/mol. The molecule has 2 fully saturated rings. The molecule has 0 aromatic carbocycles. The summed E-state index contributed by atoms with van der Waals surface area (Å²) < 4.78 is 0. The van der Waals surface area contributed by atoms with Crippen LogP contribution in [0.2, 0.25) is 0 Å². The summed E-state index contributed by atoms with van der Waals surface area (Å²) in [7, 11) is 0. The van der Waals surface area contributed by atoms with Gasteiger partial charge in [-0.1, -0.05) is 25.7 Å². The first-order valence-corrected chi connectivity index (χ1v) is 5.64. The molecule has 74 valence electrons. The van der Waals surface area contributed by atoms with E-state index in [-0.39, 0.29) is 6.04 Å². The van der Waals surface area contributed by atoms with Gasteiger partial charge in [0.1, 0.15) is 0 Å². The van der Waals surface area contributed by atoms with Crippen LogP contribution in [0.4, 0.5) is 0 Å². The van der Waals surface area contributed by atoms with Gasteiger partial charge in [0.25, 0.3) is 0 Å². The molecule has 2 aliphatic rings. The second kappa shape index (κ2) is 4.23. The lowest BCUT2D eigenvalue weighted by Gasteiger charge is -2.20. The molecule has 2 heteroatoms. The zero-order valence-corrected chi connectivity index (χ0v) is 8.22. The maximum Gasteiger partial charge on any atom is 0.151 e. The van der Waals surface area contributed by atoms with Crippen LogP contribution < -0.4 is 5.32 Å². The molecule has 0 aromatic heterocycles. The Bertz CT molecular complexity index is 183. The van der Waals surface area contributed by atoms with Crippen LogP contribution in [0.5, 0.6) is 0 Å². The van der Waals surface area contributed by atoms with Gasteiger partial charge in [-0.2, -0.15) is 0 Å². The van der Waals surface area contributed by atoms with Crippen molar-refractivity contribution >= 4 is 5.78 Å². The Balaban J connectivity index is 1.93. The highest BCUT2D eigenvalue weighted by Gasteiger charge is 2.31. The third-order valence-corrected chi connectivity index (χ3v) is 3.45. The van der Waals surface area contributed by atoms with Gasteiger partial charge in [0.2, 0.25) is 0 Å². The highest BCUT2D eigenvalue weighted by Crippen LogP contribution is 2.27. The molecular formula is C11H19NO. The number of carbonyl (C=O) groups excluding carboxylic acids is 1. The molecule has 0 aromatic rings. The molecule has 2 nitrogen and oxygen atoms in total. The number of Topliss-reactive ketones (excluding diaryl/α,β-unsaturated/α-hetero) is 1. The molecule has 0 radical (unpaired) electrons. The molecule has 1 heterocycles. The Morgan fingerprint density at radius 1 is 1.08 bits per heavy atom. The van der Waals surface area contributed by atoms with E-state index >= 15 is 0 Å². The summed E-state index contributed by atoms with van der Waals surface area (Å²) in [6.07, 6.45) is 8.70. The van der Waals surface area contributed by atoms with E-state index in [1.165, 1.54) is 38.5 Å². The van der Waals surface area contributed by atoms with Gasteiger partial charge >= 0.3 is 0 Å². The molecule has 0 amide bonds. The van der Waals surface area contributed by atoms with Gasteiger partial charge in [-0.25, -0.2) is 0 Å². The van der Waals surface area contributed by atoms with Crippen molar-refractivity contribution < 1.29 is 4.79 Å². The molecule has 1 N–H and O–H groups in total. The van der Waals surface area contributed by atoms with Crippen molar-refractivity contribution in [2.45, 2.75) is 51.0 Å². The third-order valence-electron chi connectivity index (χ3n) is 3.45. The number of carbonyl (C=O) groups is 1. The van der Waals surface area contributed by atoms with E-state index in [0.29, 0.717) is 11.7 Å². The molecule has 1 atom stereocenters. The van der Waals surface area contributed by atoms with Gasteiger partial charge in [-0.15, -0.1) is 0 Å². The average Bonchev–Trinajstić information content (AvgIpc) is 2.43. The lowest BCUT2D eigenvalue weighted by Crippen LogP contribution is -2.35. The number of rotatable bonds is 1. The summed E-state index contributed by atoms with van der Waals surface area (Å²) in [5.41, 5.74) is 0. The zero-order chi connectivity index (χ0) is 9.10. The minimum absolute atomic E-state index is 0.220. The van der Waals surface area contributed by atoms with Crippen LogP contribution in [0.1, 0.15) is 44.9 Å². The van der Waals surface area contributed by atoms with Crippen molar-refractivity contribution in [3.05, 3.63) is 0 Å². The van der Waals surface area contributed by atoms with Gasteiger partial charge < -0.3 is 5.32 Å². The molecule has 1 saturated carbocycles. The Morgan fingerprint density at radius 2 is 1.77 bits per heavy atom. The molecule has 1 aliphatic heterocycles. The van der Waals surface area contributed by atoms with Crippen LogP contribution in [0, 0.1) is 5.92 Å². The first-order chi connectivity index (χ1) is 6.38. The standard InChI is InChI=1S/C11H19NO/c13-10-7-8-12-11(10)9-5-3-1-2-4-6-9/h9,11-12H,1-8H2. The predicted octanol–water partition coefficient (Wildman–Crippen LogP) is 1.89. The van der Waals surface area contributed by atoms with Gasteiger partial charge in [0, 0.05) is 13.0 Å². The third kappa shape index (κ3) is 2.11. The van der Waals surface area contributed by atoms with Crippen LogP contribution in [-0.4, -0.2) is 18.4 Å². The van der Waals surface area contributed by atoms with Gasteiger partial charge in [-0.05, 0) is 18.8 Å². The van der Waals surface area contributed by atoms with E-state index in [1.54, 1.807) is 0 Å². The summed E-state index contributed by atoms with van der Waals surface area (Å²) in [5, 5.41) is 3.35. The molecule has 1 aliphatic carbocycles. The van der Waals surface area contributed by atoms with Crippen LogP contribution in [0.3, 0.4) is 0 Å². The van der Waals surface area contributed by atoms with E-state index in [9.17, 15) is 4.79 Å². The maximum atomic E-state index is 11.5. The lowest BCUT2D eigenvalue weighted by molar-refractivity contribution is -0.119. The Hall–Kier alpha value is -0.370. The SMILES string of the molecule is O=C1CCNC1C1CCCCCC1. The van der Waals surface area contributed by atoms with Crippen molar-refractivity contribution in [2.24, 2.45) is 5.92 Å². The number of hydrogen-bond donors (Lipinski definition) is 1. The Morgan fingerprint density at radius 3 is 2.31 bits per heavy atom. The maximum absolute atomic E-state index is 11.5. The first-order valence-electron chi connectivity index (χ1n) is 5.64. The van der Waals surface area contributed by atoms with Crippen molar-refractivity contribution in [3.63, 3.8) is 0 Å². The quantitative estimate of drug-likeness (QED) is 0.626. The average molecular weight is 181 g/mol. The molecule has 0 bridgehead atoms. The molecule has 1 saturated heterocycles. The van der Waals surface area contributed by atoms with E-state index in [4.69, 9.17) is 0 Å². The normalized spacial score (nSPS) is 32.0. The van der Waals surface area contributed by atoms with Crippen molar-refractivity contribution in [3.8, 4) is 0 Å². The van der Waals surface area contributed by atoms with Crippen molar-refractivity contribution in [1.82, 2.24) is 5.32 Å². The first kappa shape index (κ1) is 9.20. The smallest absolute Gasteiger partial charge is 0.151 e. The zero-order valence-electron chi connectivity index (χ0n) is 8.22. The Kier molecular flexibility index (Phi) is 2.99. The van der Waals surface area contributed by atoms with Crippen LogP contribution in [0.25, 0.3) is 0 Å². The summed E-state index contributed by atoms with van der Waals surface area (Å²) in [6.45, 7) is 0.917. The summed E-state index contributed by atoms with van der Waals surface area (Å²) >= 11 is 0. The molecular weight excluding hydrogens is 162 g/mol. The number of nitrogens with one attached hydrogen (secondary N) is 1. The van der Waals surface area contributed by atoms with E-state index in [0.717, 1.165) is 13.0 Å². The van der Waals surface area contributed by atoms with E-state index in [2.05, 4.69) is 5.32 Å². The lowest BCUT2D eigenvalue weighted by atomic mass is 9.90. The van der Waals surface area contributed by atoms with Gasteiger partial charge in [-0.3, -0.25) is 4.79 Å². The fourth-order valence-electron chi connectivity index (χ4n) is 2.69. The highest BCUT2D eigenvalue weighted by atomic mass is 16.1. The molecule has 13 heavy (non-hydrogen) atoms. The number of ketones is 1. The predicted molar refractivity (Wildman–Crippen MR) is 52.6 cm³/mol. The topological polar surface area (TPSA) is 29.1 Å². The fraction of sp³-hybridized carbons (Fsp3) is 0.909. The van der Waals surface area contributed by atoms with Gasteiger partial charge in [0.15, 0.2) is 5.78 Å². The van der Waals surface area contributed by atoms with Crippen LogP contribution >= 0.6 is 0 Å². The summed E-state index contributed by atoms with van der Waals surface area (Å²) in [6, 6.07) is 0.220. The number of hydrogen-bond acceptors (Lipinski definition) is 2. The molecule has 2 rings (SSSR count). The van der Waals surface area contributed by atoms with Gasteiger partial charge in [0.05, 0.1) is 6.04 Å². The largest absolute Gasteiger partial charge is 0.307 e. The molecule has 0 spiro atoms. The van der Waals surface area contributed by atoms with Crippen molar-refractivity contribution in [2.75, 3.05) is 6.54 Å². The van der Waals surface area contributed by atoms with E-state index in [1.807, 2.05) is 0 Å². The second-order valence-electron chi connectivity index (χ2n) is 4.40. The highest BCUT2D eigenvalue weighted by molar-refractivity contribution is 5.86. The minimum Gasteiger partial charge on any atom is -0.307 e. The summed E-state index contributed by atoms with van der Waals surface area (Å²) in [5.74, 6) is 1.12. The second-order valence-corrected chi connectivity index (χ2v) is 4.40. The van der Waals surface area contributed by atoms with Crippen molar-refractivity contribution in [1.29, 1.82) is 0 Å². The van der Waals surface area contributed by atoms with Crippen LogP contribution in [0.15, 0.2) is 0 Å². The summed E-state index contributed by atoms with van der Waals surface area (Å²) in [4.78, 5) is 11.5. The Labute approximate surface area is 80.1 Å². The minimum atomic E-state index is 0.220.